The minimum absolute atomic E-state index is 0.00358. The predicted octanol–water partition coefficient (Wildman–Crippen LogP) is 2.45. The van der Waals surface area contributed by atoms with Crippen LogP contribution in [0.25, 0.3) is 0 Å². The van der Waals surface area contributed by atoms with E-state index in [4.69, 9.17) is 22.4 Å². The maximum absolute atomic E-state index is 12.4. The van der Waals surface area contributed by atoms with Crippen molar-refractivity contribution in [3.63, 3.8) is 0 Å². The van der Waals surface area contributed by atoms with Gasteiger partial charge in [-0.1, -0.05) is 17.7 Å². The molecule has 0 unspecified atom stereocenters. The SMILES string of the molecule is Nc1c(C(=O)O)cccc1S(=O)(=O)c1ccc(Cl)cc1. The number of carbonyl (C=O) groups is 1. The summed E-state index contributed by atoms with van der Waals surface area (Å²) in [7, 11) is -3.89. The standard InChI is InChI=1S/C13H10ClNO4S/c14-8-4-6-9(7-5-8)20(18,19)11-3-1-2-10(12(11)15)13(16)17/h1-7H,15H2,(H,16,17). The summed E-state index contributed by atoms with van der Waals surface area (Å²) in [5, 5.41) is 9.37. The number of sulfone groups is 1. The van der Waals surface area contributed by atoms with Crippen molar-refractivity contribution in [2.45, 2.75) is 9.79 Å². The first kappa shape index (κ1) is 14.4. The van der Waals surface area contributed by atoms with Crippen LogP contribution in [0.4, 0.5) is 5.69 Å². The third-order valence-electron chi connectivity index (χ3n) is 2.71. The lowest BCUT2D eigenvalue weighted by Crippen LogP contribution is -2.10. The second-order valence-electron chi connectivity index (χ2n) is 3.98. The summed E-state index contributed by atoms with van der Waals surface area (Å²) in [5.74, 6) is -1.28. The first-order valence-corrected chi connectivity index (χ1v) is 7.32. The molecule has 0 aromatic heterocycles. The molecule has 0 aliphatic carbocycles. The van der Waals surface area contributed by atoms with Gasteiger partial charge in [-0.25, -0.2) is 13.2 Å². The van der Waals surface area contributed by atoms with Crippen molar-refractivity contribution in [2.24, 2.45) is 0 Å². The Morgan fingerprint density at radius 2 is 1.70 bits per heavy atom. The normalized spacial score (nSPS) is 11.2. The molecule has 0 heterocycles. The van der Waals surface area contributed by atoms with Crippen molar-refractivity contribution in [3.8, 4) is 0 Å². The smallest absolute Gasteiger partial charge is 0.337 e. The van der Waals surface area contributed by atoms with Gasteiger partial charge < -0.3 is 10.8 Å². The minimum Gasteiger partial charge on any atom is -0.478 e. The molecule has 0 atom stereocenters. The third-order valence-corrected chi connectivity index (χ3v) is 4.79. The molecule has 0 bridgehead atoms. The van der Waals surface area contributed by atoms with E-state index >= 15 is 0 Å². The maximum Gasteiger partial charge on any atom is 0.337 e. The average molecular weight is 312 g/mol. The highest BCUT2D eigenvalue weighted by Crippen LogP contribution is 2.28. The van der Waals surface area contributed by atoms with E-state index < -0.39 is 15.8 Å². The lowest BCUT2D eigenvalue weighted by molar-refractivity contribution is 0.0698. The van der Waals surface area contributed by atoms with Gasteiger partial charge in [0.25, 0.3) is 0 Å². The Bertz CT molecular complexity index is 769. The number of rotatable bonds is 3. The summed E-state index contributed by atoms with van der Waals surface area (Å²) in [6, 6.07) is 9.40. The molecule has 0 saturated carbocycles. The van der Waals surface area contributed by atoms with Crippen molar-refractivity contribution >= 4 is 33.1 Å². The third kappa shape index (κ3) is 2.48. The molecule has 0 aliphatic heterocycles. The molecule has 2 aromatic rings. The van der Waals surface area contributed by atoms with E-state index in [1.807, 2.05) is 0 Å². The summed E-state index contributed by atoms with van der Waals surface area (Å²) in [4.78, 5) is 10.7. The molecule has 0 amide bonds. The molecule has 0 radical (unpaired) electrons. The zero-order valence-corrected chi connectivity index (χ0v) is 11.6. The number of hydrogen-bond donors (Lipinski definition) is 2. The molecule has 104 valence electrons. The molecule has 5 nitrogen and oxygen atoms in total. The average Bonchev–Trinajstić information content (AvgIpc) is 2.38. The van der Waals surface area contributed by atoms with Crippen LogP contribution < -0.4 is 5.73 Å². The molecule has 3 N–H and O–H groups in total. The van der Waals surface area contributed by atoms with Crippen LogP contribution >= 0.6 is 11.6 Å². The number of carboxylic acid groups (broad SMARTS) is 1. The van der Waals surface area contributed by atoms with Crippen LogP contribution in [0.5, 0.6) is 0 Å². The monoisotopic (exact) mass is 311 g/mol. The van der Waals surface area contributed by atoms with E-state index in [1.54, 1.807) is 0 Å². The van der Waals surface area contributed by atoms with Crippen molar-refractivity contribution in [1.29, 1.82) is 0 Å². The molecule has 0 spiro atoms. The van der Waals surface area contributed by atoms with Crippen LogP contribution in [0, 0.1) is 0 Å². The highest BCUT2D eigenvalue weighted by Gasteiger charge is 2.23. The molecule has 0 aliphatic rings. The van der Waals surface area contributed by atoms with E-state index in [2.05, 4.69) is 0 Å². The Hall–Kier alpha value is -2.05. The number of nitrogens with two attached hydrogens (primary N) is 1. The second kappa shape index (κ2) is 5.15. The number of hydrogen-bond acceptors (Lipinski definition) is 4. The summed E-state index contributed by atoms with van der Waals surface area (Å²) in [5.41, 5.74) is 5.12. The van der Waals surface area contributed by atoms with Gasteiger partial charge in [-0.3, -0.25) is 0 Å². The Kier molecular flexibility index (Phi) is 3.69. The molecule has 20 heavy (non-hydrogen) atoms. The predicted molar refractivity (Wildman–Crippen MR) is 74.7 cm³/mol. The van der Waals surface area contributed by atoms with E-state index in [1.165, 1.54) is 42.5 Å². The zero-order valence-electron chi connectivity index (χ0n) is 10.1. The fraction of sp³-hybridized carbons (Fsp3) is 0. The molecular formula is C13H10ClNO4S. The largest absolute Gasteiger partial charge is 0.478 e. The Morgan fingerprint density at radius 3 is 2.25 bits per heavy atom. The molecule has 2 rings (SSSR count). The van der Waals surface area contributed by atoms with E-state index in [0.717, 1.165) is 0 Å². The van der Waals surface area contributed by atoms with E-state index in [9.17, 15) is 13.2 Å². The van der Waals surface area contributed by atoms with Gasteiger partial charge in [0.2, 0.25) is 9.84 Å². The van der Waals surface area contributed by atoms with Gasteiger partial charge in [0.15, 0.2) is 0 Å². The molecular weight excluding hydrogens is 302 g/mol. The molecule has 0 saturated heterocycles. The number of aromatic carboxylic acids is 1. The zero-order chi connectivity index (χ0) is 14.9. The first-order chi connectivity index (χ1) is 9.34. The fourth-order valence-corrected chi connectivity index (χ4v) is 3.24. The lowest BCUT2D eigenvalue weighted by Gasteiger charge is -2.09. The topological polar surface area (TPSA) is 97.5 Å². The maximum atomic E-state index is 12.4. The quantitative estimate of drug-likeness (QED) is 0.848. The van der Waals surface area contributed by atoms with Crippen LogP contribution in [0.1, 0.15) is 10.4 Å². The van der Waals surface area contributed by atoms with Gasteiger partial charge in [0.1, 0.15) is 0 Å². The number of halogens is 1. The second-order valence-corrected chi connectivity index (χ2v) is 6.33. The molecule has 0 fully saturated rings. The van der Waals surface area contributed by atoms with Crippen molar-refractivity contribution in [1.82, 2.24) is 0 Å². The van der Waals surface area contributed by atoms with E-state index in [-0.39, 0.29) is 21.0 Å². The summed E-state index contributed by atoms with van der Waals surface area (Å²) in [6.45, 7) is 0. The summed E-state index contributed by atoms with van der Waals surface area (Å²) in [6.07, 6.45) is 0. The highest BCUT2D eigenvalue weighted by atomic mass is 35.5. The Balaban J connectivity index is 2.64. The number of benzene rings is 2. The van der Waals surface area contributed by atoms with Gasteiger partial charge in [-0.05, 0) is 36.4 Å². The lowest BCUT2D eigenvalue weighted by atomic mass is 10.2. The van der Waals surface area contributed by atoms with Crippen LogP contribution in [0.15, 0.2) is 52.3 Å². The first-order valence-electron chi connectivity index (χ1n) is 5.46. The van der Waals surface area contributed by atoms with Gasteiger partial charge in [-0.15, -0.1) is 0 Å². The molecule has 7 heteroatoms. The fourth-order valence-electron chi connectivity index (χ4n) is 1.71. The van der Waals surface area contributed by atoms with Gasteiger partial charge in [-0.2, -0.15) is 0 Å². The highest BCUT2D eigenvalue weighted by molar-refractivity contribution is 7.91. The van der Waals surface area contributed by atoms with Gasteiger partial charge >= 0.3 is 5.97 Å². The summed E-state index contributed by atoms with van der Waals surface area (Å²) >= 11 is 5.71. The summed E-state index contributed by atoms with van der Waals surface area (Å²) < 4.78 is 24.8. The number of para-hydroxylation sites is 1. The number of carboxylic acids is 1. The van der Waals surface area contributed by atoms with Crippen LogP contribution in [-0.2, 0) is 9.84 Å². The van der Waals surface area contributed by atoms with Crippen molar-refractivity contribution < 1.29 is 18.3 Å². The van der Waals surface area contributed by atoms with Gasteiger partial charge in [0.05, 0.1) is 21.0 Å². The number of anilines is 1. The minimum atomic E-state index is -3.89. The van der Waals surface area contributed by atoms with Crippen molar-refractivity contribution in [2.75, 3.05) is 5.73 Å². The Morgan fingerprint density at radius 1 is 1.10 bits per heavy atom. The van der Waals surface area contributed by atoms with Crippen molar-refractivity contribution in [3.05, 3.63) is 53.1 Å². The van der Waals surface area contributed by atoms with Gasteiger partial charge in [0, 0.05) is 5.02 Å². The number of nitrogen functional groups attached to an aromatic ring is 1. The van der Waals surface area contributed by atoms with Crippen LogP contribution in [-0.4, -0.2) is 19.5 Å². The van der Waals surface area contributed by atoms with E-state index in [0.29, 0.717) is 5.02 Å². The van der Waals surface area contributed by atoms with Crippen LogP contribution in [0.3, 0.4) is 0 Å². The Labute approximate surface area is 120 Å². The van der Waals surface area contributed by atoms with Crippen LogP contribution in [0.2, 0.25) is 5.02 Å². The molecule has 2 aromatic carbocycles.